The minimum absolute atomic E-state index is 0.153. The summed E-state index contributed by atoms with van der Waals surface area (Å²) in [7, 11) is 1.19. The van der Waals surface area contributed by atoms with Crippen LogP contribution in [0.15, 0.2) is 24.3 Å². The monoisotopic (exact) mass is 250 g/mol. The lowest BCUT2D eigenvalue weighted by Crippen LogP contribution is -2.27. The number of hydrogen-bond acceptors (Lipinski definition) is 3. The topological polar surface area (TPSA) is 63.6 Å². The number of ether oxygens (including phenoxy) is 1. The van der Waals surface area contributed by atoms with E-state index in [1.165, 1.54) is 12.7 Å². The minimum atomic E-state index is -1.16. The van der Waals surface area contributed by atoms with Crippen molar-refractivity contribution in [3.8, 4) is 0 Å². The molecule has 0 amide bonds. The van der Waals surface area contributed by atoms with Crippen molar-refractivity contribution < 1.29 is 19.4 Å². The standard InChI is InChI=1S/C14H18O4/c1-9(2)11-6-4-10(5-7-11)8-12(13(15)16)14(17)18-3/h4-7,9,12H,8H2,1-3H3,(H,15,16). The molecule has 1 rings (SSSR count). The number of carbonyl (C=O) groups excluding carboxylic acids is 1. The summed E-state index contributed by atoms with van der Waals surface area (Å²) >= 11 is 0. The molecule has 1 aromatic rings. The second kappa shape index (κ2) is 6.19. The number of carboxylic acid groups (broad SMARTS) is 1. The molecular weight excluding hydrogens is 232 g/mol. The van der Waals surface area contributed by atoms with Crippen LogP contribution in [0.25, 0.3) is 0 Å². The van der Waals surface area contributed by atoms with Gasteiger partial charge in [0.1, 0.15) is 0 Å². The summed E-state index contributed by atoms with van der Waals surface area (Å²) in [6, 6.07) is 7.62. The zero-order valence-corrected chi connectivity index (χ0v) is 10.8. The highest BCUT2D eigenvalue weighted by Gasteiger charge is 2.27. The van der Waals surface area contributed by atoms with E-state index in [-0.39, 0.29) is 6.42 Å². The van der Waals surface area contributed by atoms with Crippen molar-refractivity contribution >= 4 is 11.9 Å². The van der Waals surface area contributed by atoms with Crippen LogP contribution >= 0.6 is 0 Å². The van der Waals surface area contributed by atoms with Crippen molar-refractivity contribution in [3.63, 3.8) is 0 Å². The predicted octanol–water partition coefficient (Wildman–Crippen LogP) is 2.23. The average Bonchev–Trinajstić information content (AvgIpc) is 2.35. The molecule has 0 saturated heterocycles. The van der Waals surface area contributed by atoms with E-state index in [4.69, 9.17) is 5.11 Å². The summed E-state index contributed by atoms with van der Waals surface area (Å²) in [6.45, 7) is 4.17. The number of rotatable bonds is 5. The Morgan fingerprint density at radius 1 is 1.22 bits per heavy atom. The lowest BCUT2D eigenvalue weighted by Gasteiger charge is -2.11. The molecule has 0 saturated carbocycles. The lowest BCUT2D eigenvalue weighted by molar-refractivity contribution is -0.156. The largest absolute Gasteiger partial charge is 0.481 e. The van der Waals surface area contributed by atoms with Crippen molar-refractivity contribution in [2.75, 3.05) is 7.11 Å². The molecule has 0 heterocycles. The van der Waals surface area contributed by atoms with Gasteiger partial charge in [0.15, 0.2) is 5.92 Å². The van der Waals surface area contributed by atoms with Gasteiger partial charge in [0, 0.05) is 0 Å². The molecule has 0 spiro atoms. The molecule has 1 unspecified atom stereocenters. The Morgan fingerprint density at radius 3 is 2.17 bits per heavy atom. The van der Waals surface area contributed by atoms with Crippen LogP contribution in [0.4, 0.5) is 0 Å². The molecule has 0 fully saturated rings. The molecule has 18 heavy (non-hydrogen) atoms. The number of carboxylic acids is 1. The van der Waals surface area contributed by atoms with Gasteiger partial charge >= 0.3 is 11.9 Å². The van der Waals surface area contributed by atoms with E-state index >= 15 is 0 Å². The molecule has 4 heteroatoms. The fourth-order valence-corrected chi connectivity index (χ4v) is 1.69. The molecule has 4 nitrogen and oxygen atoms in total. The molecule has 1 atom stereocenters. The van der Waals surface area contributed by atoms with Gasteiger partial charge in [-0.05, 0) is 23.5 Å². The van der Waals surface area contributed by atoms with Crippen LogP contribution in [-0.2, 0) is 20.7 Å². The van der Waals surface area contributed by atoms with E-state index in [2.05, 4.69) is 18.6 Å². The van der Waals surface area contributed by atoms with Gasteiger partial charge in [-0.3, -0.25) is 9.59 Å². The summed E-state index contributed by atoms with van der Waals surface area (Å²) in [5.74, 6) is -2.58. The summed E-state index contributed by atoms with van der Waals surface area (Å²) in [6.07, 6.45) is 0.153. The highest BCUT2D eigenvalue weighted by Crippen LogP contribution is 2.17. The average molecular weight is 250 g/mol. The van der Waals surface area contributed by atoms with Crippen molar-refractivity contribution in [3.05, 3.63) is 35.4 Å². The second-order valence-electron chi connectivity index (χ2n) is 4.51. The Bertz CT molecular complexity index is 420. The summed E-state index contributed by atoms with van der Waals surface area (Å²) in [5, 5.41) is 8.98. The zero-order chi connectivity index (χ0) is 13.7. The van der Waals surface area contributed by atoms with Gasteiger partial charge in [0.2, 0.25) is 0 Å². The molecule has 1 N–H and O–H groups in total. The number of methoxy groups -OCH3 is 1. The molecule has 0 aliphatic rings. The fraction of sp³-hybridized carbons (Fsp3) is 0.429. The van der Waals surface area contributed by atoms with E-state index < -0.39 is 17.9 Å². The van der Waals surface area contributed by atoms with E-state index in [0.717, 1.165) is 5.56 Å². The number of benzene rings is 1. The third-order valence-corrected chi connectivity index (χ3v) is 2.87. The zero-order valence-electron chi connectivity index (χ0n) is 10.8. The first-order valence-electron chi connectivity index (χ1n) is 5.85. The summed E-state index contributed by atoms with van der Waals surface area (Å²) in [4.78, 5) is 22.3. The highest BCUT2D eigenvalue weighted by molar-refractivity contribution is 5.94. The minimum Gasteiger partial charge on any atom is -0.481 e. The molecule has 0 aliphatic heterocycles. The van der Waals surface area contributed by atoms with Crippen LogP contribution < -0.4 is 0 Å². The number of hydrogen-bond donors (Lipinski definition) is 1. The molecule has 0 aromatic heterocycles. The smallest absolute Gasteiger partial charge is 0.320 e. The SMILES string of the molecule is COC(=O)C(Cc1ccc(C(C)C)cc1)C(=O)O. The Kier molecular flexibility index (Phi) is 4.89. The molecule has 98 valence electrons. The van der Waals surface area contributed by atoms with Crippen molar-refractivity contribution in [1.29, 1.82) is 0 Å². The second-order valence-corrected chi connectivity index (χ2v) is 4.51. The third-order valence-electron chi connectivity index (χ3n) is 2.87. The van der Waals surface area contributed by atoms with Crippen molar-refractivity contribution in [2.45, 2.75) is 26.2 Å². The maximum absolute atomic E-state index is 11.3. The van der Waals surface area contributed by atoms with Crippen LogP contribution in [0.2, 0.25) is 0 Å². The van der Waals surface area contributed by atoms with E-state index in [1.54, 1.807) is 0 Å². The van der Waals surface area contributed by atoms with E-state index in [1.807, 2.05) is 24.3 Å². The number of aliphatic carboxylic acids is 1. The molecule has 0 radical (unpaired) electrons. The van der Waals surface area contributed by atoms with Crippen LogP contribution in [0, 0.1) is 5.92 Å². The van der Waals surface area contributed by atoms with E-state index in [0.29, 0.717) is 5.92 Å². The van der Waals surface area contributed by atoms with Gasteiger partial charge < -0.3 is 9.84 Å². The quantitative estimate of drug-likeness (QED) is 0.643. The van der Waals surface area contributed by atoms with Crippen LogP contribution in [0.3, 0.4) is 0 Å². The van der Waals surface area contributed by atoms with E-state index in [9.17, 15) is 9.59 Å². The van der Waals surface area contributed by atoms with Gasteiger partial charge in [-0.25, -0.2) is 0 Å². The number of carbonyl (C=O) groups is 2. The van der Waals surface area contributed by atoms with Gasteiger partial charge in [0.05, 0.1) is 7.11 Å². The fourth-order valence-electron chi connectivity index (χ4n) is 1.69. The predicted molar refractivity (Wildman–Crippen MR) is 67.4 cm³/mol. The Hall–Kier alpha value is -1.84. The van der Waals surface area contributed by atoms with Crippen LogP contribution in [0.5, 0.6) is 0 Å². The van der Waals surface area contributed by atoms with Crippen LogP contribution in [-0.4, -0.2) is 24.2 Å². The molecule has 0 aliphatic carbocycles. The normalized spacial score (nSPS) is 12.2. The maximum Gasteiger partial charge on any atom is 0.320 e. The van der Waals surface area contributed by atoms with Crippen LogP contribution in [0.1, 0.15) is 30.9 Å². The first kappa shape index (κ1) is 14.2. The summed E-state index contributed by atoms with van der Waals surface area (Å²) in [5.41, 5.74) is 2.00. The molecule has 0 bridgehead atoms. The summed E-state index contributed by atoms with van der Waals surface area (Å²) < 4.78 is 4.49. The first-order valence-corrected chi connectivity index (χ1v) is 5.85. The maximum atomic E-state index is 11.3. The Morgan fingerprint density at radius 2 is 1.78 bits per heavy atom. The lowest BCUT2D eigenvalue weighted by atomic mass is 9.96. The van der Waals surface area contributed by atoms with Gasteiger partial charge in [-0.2, -0.15) is 0 Å². The highest BCUT2D eigenvalue weighted by atomic mass is 16.5. The van der Waals surface area contributed by atoms with Gasteiger partial charge in [0.25, 0.3) is 0 Å². The van der Waals surface area contributed by atoms with Gasteiger partial charge in [-0.1, -0.05) is 38.1 Å². The molecular formula is C14H18O4. The third kappa shape index (κ3) is 3.58. The number of esters is 1. The van der Waals surface area contributed by atoms with Crippen molar-refractivity contribution in [1.82, 2.24) is 0 Å². The molecule has 1 aromatic carbocycles. The first-order chi connectivity index (χ1) is 8.45. The van der Waals surface area contributed by atoms with Crippen molar-refractivity contribution in [2.24, 2.45) is 5.92 Å². The Labute approximate surface area is 107 Å². The van der Waals surface area contributed by atoms with Gasteiger partial charge in [-0.15, -0.1) is 0 Å². The Balaban J connectivity index is 2.81.